The van der Waals surface area contributed by atoms with Crippen LogP contribution in [0.25, 0.3) is 32.5 Å². The number of aryl methyl sites for hydroxylation is 2. The normalized spacial score (nSPS) is 23.6. The Morgan fingerprint density at radius 1 is 1.28 bits per heavy atom. The van der Waals surface area contributed by atoms with Crippen LogP contribution in [0.5, 0.6) is 0 Å². The first-order chi connectivity index (χ1) is 13.8. The molecule has 4 aromatic heterocycles. The Labute approximate surface area is 169 Å². The van der Waals surface area contributed by atoms with Gasteiger partial charge in [0.1, 0.15) is 10.4 Å². The molecule has 0 spiro atoms. The largest absolute Gasteiger partial charge is 0.363 e. The highest BCUT2D eigenvalue weighted by Gasteiger charge is 2.63. The number of thiophene rings is 1. The summed E-state index contributed by atoms with van der Waals surface area (Å²) in [7, 11) is 1.87. The molecule has 0 bridgehead atoms. The molecule has 6 rings (SSSR count). The van der Waals surface area contributed by atoms with Crippen molar-refractivity contribution in [3.8, 4) is 11.3 Å². The van der Waals surface area contributed by atoms with Gasteiger partial charge in [-0.25, -0.2) is 18.7 Å². The fraction of sp³-hybridized carbons (Fsp3) is 0.381. The number of aromatic nitrogens is 4. The molecule has 4 aromatic rings. The number of pyridine rings is 2. The van der Waals surface area contributed by atoms with E-state index in [-0.39, 0.29) is 18.8 Å². The third-order valence-electron chi connectivity index (χ3n) is 6.16. The number of hydrogen-bond acceptors (Lipinski definition) is 5. The molecule has 8 heteroatoms. The van der Waals surface area contributed by atoms with E-state index in [9.17, 15) is 8.78 Å². The summed E-state index contributed by atoms with van der Waals surface area (Å²) in [4.78, 5) is 11.2. The average molecular weight is 412 g/mol. The van der Waals surface area contributed by atoms with Crippen molar-refractivity contribution in [1.82, 2.24) is 19.7 Å². The Bertz CT molecular complexity index is 1280. The molecule has 1 atom stereocenters. The van der Waals surface area contributed by atoms with Crippen molar-refractivity contribution in [2.24, 2.45) is 13.0 Å². The minimum absolute atomic E-state index is 0.0871. The van der Waals surface area contributed by atoms with E-state index in [1.807, 2.05) is 32.3 Å². The predicted molar refractivity (Wildman–Crippen MR) is 107 cm³/mol. The lowest BCUT2D eigenvalue weighted by Crippen LogP contribution is -2.42. The fourth-order valence-corrected chi connectivity index (χ4v) is 5.85. The van der Waals surface area contributed by atoms with Crippen LogP contribution in [0, 0.1) is 12.8 Å². The minimum Gasteiger partial charge on any atom is -0.363 e. The Balaban J connectivity index is 1.41. The number of epoxide rings is 1. The van der Waals surface area contributed by atoms with Gasteiger partial charge in [-0.15, -0.1) is 11.3 Å². The summed E-state index contributed by atoms with van der Waals surface area (Å²) in [5.41, 5.74) is 3.03. The van der Waals surface area contributed by atoms with Crippen molar-refractivity contribution in [3.63, 3.8) is 0 Å². The van der Waals surface area contributed by atoms with E-state index in [2.05, 4.69) is 16.1 Å². The van der Waals surface area contributed by atoms with Gasteiger partial charge >= 0.3 is 0 Å². The van der Waals surface area contributed by atoms with E-state index in [4.69, 9.17) is 9.72 Å². The molecule has 148 valence electrons. The summed E-state index contributed by atoms with van der Waals surface area (Å²) >= 11 is 1.57. The van der Waals surface area contributed by atoms with E-state index in [1.54, 1.807) is 22.2 Å². The lowest BCUT2D eigenvalue weighted by Gasteiger charge is -2.38. The van der Waals surface area contributed by atoms with E-state index >= 15 is 0 Å². The van der Waals surface area contributed by atoms with Gasteiger partial charge in [0.2, 0.25) is 5.92 Å². The van der Waals surface area contributed by atoms with Crippen LogP contribution in [-0.2, 0) is 17.4 Å². The topological polar surface area (TPSA) is 56.1 Å². The summed E-state index contributed by atoms with van der Waals surface area (Å²) in [5, 5.41) is 6.33. The van der Waals surface area contributed by atoms with Crippen molar-refractivity contribution in [3.05, 3.63) is 41.0 Å². The van der Waals surface area contributed by atoms with Gasteiger partial charge in [-0.1, -0.05) is 0 Å². The number of nitrogens with zero attached hydrogens (tertiary/aromatic N) is 4. The Morgan fingerprint density at radius 3 is 2.79 bits per heavy atom. The molecule has 29 heavy (non-hydrogen) atoms. The van der Waals surface area contributed by atoms with Crippen LogP contribution in [0.4, 0.5) is 8.78 Å². The number of rotatable bonds is 3. The lowest BCUT2D eigenvalue weighted by molar-refractivity contribution is -0.131. The van der Waals surface area contributed by atoms with Crippen molar-refractivity contribution in [2.45, 2.75) is 31.3 Å². The molecule has 5 heterocycles. The van der Waals surface area contributed by atoms with E-state index in [0.717, 1.165) is 37.3 Å². The molecule has 2 aliphatic rings. The average Bonchev–Trinajstić information content (AvgIpc) is 3.27. The number of ether oxygens (including phenoxy) is 1. The first kappa shape index (κ1) is 17.4. The summed E-state index contributed by atoms with van der Waals surface area (Å²) < 4.78 is 34.4. The standard InChI is InChI=1S/C21H18F2N4OS/c1-11-15-3-4-16(12-5-13-9-27(2)26-18(13)24-8-12)25-19(15)29-17(11)21(10-28-21)14-6-20(22,23)7-14/h3-5,8-9,14H,6-7,10H2,1-2H3. The van der Waals surface area contributed by atoms with Crippen molar-refractivity contribution in [1.29, 1.82) is 0 Å². The van der Waals surface area contributed by atoms with Crippen molar-refractivity contribution in [2.75, 3.05) is 6.61 Å². The van der Waals surface area contributed by atoms with Gasteiger partial charge in [0.15, 0.2) is 5.65 Å². The van der Waals surface area contributed by atoms with Gasteiger partial charge in [0.25, 0.3) is 0 Å². The van der Waals surface area contributed by atoms with Gasteiger partial charge in [0, 0.05) is 59.4 Å². The van der Waals surface area contributed by atoms with Gasteiger partial charge in [0.05, 0.1) is 12.3 Å². The molecule has 0 amide bonds. The Hall–Kier alpha value is -2.45. The predicted octanol–water partition coefficient (Wildman–Crippen LogP) is 4.82. The molecule has 1 aliphatic carbocycles. The number of alkyl halides is 2. The van der Waals surface area contributed by atoms with Gasteiger partial charge in [-0.05, 0) is 30.7 Å². The van der Waals surface area contributed by atoms with Gasteiger partial charge in [-0.2, -0.15) is 5.10 Å². The Kier molecular flexibility index (Phi) is 3.35. The lowest BCUT2D eigenvalue weighted by atomic mass is 9.72. The van der Waals surface area contributed by atoms with E-state index < -0.39 is 11.5 Å². The smallest absolute Gasteiger partial charge is 0.248 e. The first-order valence-electron chi connectivity index (χ1n) is 9.57. The van der Waals surface area contributed by atoms with Crippen LogP contribution in [0.3, 0.4) is 0 Å². The van der Waals surface area contributed by atoms with Crippen LogP contribution >= 0.6 is 11.3 Å². The molecular weight excluding hydrogens is 394 g/mol. The molecule has 2 fully saturated rings. The zero-order chi connectivity index (χ0) is 20.0. The summed E-state index contributed by atoms with van der Waals surface area (Å²) in [6, 6.07) is 6.09. The molecule has 1 unspecified atom stereocenters. The summed E-state index contributed by atoms with van der Waals surface area (Å²) in [5.74, 6) is -2.65. The molecule has 1 aliphatic heterocycles. The van der Waals surface area contributed by atoms with Gasteiger partial charge < -0.3 is 4.74 Å². The maximum Gasteiger partial charge on any atom is 0.248 e. The maximum absolute atomic E-state index is 13.4. The summed E-state index contributed by atoms with van der Waals surface area (Å²) in [6.45, 7) is 2.56. The monoisotopic (exact) mass is 412 g/mol. The zero-order valence-corrected chi connectivity index (χ0v) is 16.8. The molecule has 1 saturated heterocycles. The van der Waals surface area contributed by atoms with Gasteiger partial charge in [-0.3, -0.25) is 4.68 Å². The molecule has 1 saturated carbocycles. The molecule has 0 radical (unpaired) electrons. The maximum atomic E-state index is 13.4. The number of hydrogen-bond donors (Lipinski definition) is 0. The van der Waals surface area contributed by atoms with E-state index in [1.165, 1.54) is 0 Å². The van der Waals surface area contributed by atoms with E-state index in [0.29, 0.717) is 12.3 Å². The second-order valence-corrected chi connectivity index (χ2v) is 9.18. The third-order valence-corrected chi connectivity index (χ3v) is 7.52. The highest BCUT2D eigenvalue weighted by atomic mass is 32.1. The second kappa shape index (κ2) is 5.58. The molecule has 0 aromatic carbocycles. The number of halogens is 2. The van der Waals surface area contributed by atoms with Crippen LogP contribution < -0.4 is 0 Å². The van der Waals surface area contributed by atoms with Crippen molar-refractivity contribution < 1.29 is 13.5 Å². The zero-order valence-electron chi connectivity index (χ0n) is 15.9. The fourth-order valence-electron chi connectivity index (χ4n) is 4.46. The molecule has 0 N–H and O–H groups in total. The van der Waals surface area contributed by atoms with Crippen LogP contribution in [0.1, 0.15) is 23.3 Å². The second-order valence-electron chi connectivity index (χ2n) is 8.18. The van der Waals surface area contributed by atoms with Crippen LogP contribution in [-0.4, -0.2) is 32.3 Å². The first-order valence-corrected chi connectivity index (χ1v) is 10.4. The molecular formula is C21H18F2N4OS. The van der Waals surface area contributed by atoms with Crippen molar-refractivity contribution >= 4 is 32.6 Å². The van der Waals surface area contributed by atoms with Crippen LogP contribution in [0.2, 0.25) is 0 Å². The number of fused-ring (bicyclic) bond motifs is 2. The quantitative estimate of drug-likeness (QED) is 0.453. The molecule has 5 nitrogen and oxygen atoms in total. The SMILES string of the molecule is Cc1c(C2(C3CC(F)(F)C3)CO2)sc2nc(-c3cnc4nn(C)cc4c3)ccc12. The summed E-state index contributed by atoms with van der Waals surface area (Å²) in [6.07, 6.45) is 3.54. The minimum atomic E-state index is -2.54. The third kappa shape index (κ3) is 2.55. The van der Waals surface area contributed by atoms with Crippen LogP contribution in [0.15, 0.2) is 30.6 Å². The Morgan fingerprint density at radius 2 is 2.07 bits per heavy atom. The highest BCUT2D eigenvalue weighted by molar-refractivity contribution is 7.19. The highest BCUT2D eigenvalue weighted by Crippen LogP contribution is 2.60.